The molecule has 72 valence electrons. The van der Waals surface area contributed by atoms with Crippen LogP contribution in [0.3, 0.4) is 0 Å². The zero-order chi connectivity index (χ0) is 9.00. The molecule has 0 aromatic carbocycles. The van der Waals surface area contributed by atoms with E-state index < -0.39 is 20.8 Å². The molecule has 0 amide bonds. The maximum absolute atomic E-state index is 8.52. The summed E-state index contributed by atoms with van der Waals surface area (Å²) in [4.78, 5) is 0. The molecule has 0 aromatic heterocycles. The van der Waals surface area contributed by atoms with Crippen molar-refractivity contribution < 1.29 is 82.3 Å². The van der Waals surface area contributed by atoms with Gasteiger partial charge in [0.25, 0.3) is 0 Å². The standard InChI is InChI=1S/Ce.2H2O4S.H2O/c;2*1-5(2,3)4;/h;2*(H2,1,2,3,4);1H2/q+4;;;/p-4. The van der Waals surface area contributed by atoms with Crippen molar-refractivity contribution in [1.82, 2.24) is 0 Å². The summed E-state index contributed by atoms with van der Waals surface area (Å²) in [7, 11) is -10.3. The van der Waals surface area contributed by atoms with E-state index in [1.54, 1.807) is 0 Å². The molecule has 0 radical (unpaired) electrons. The van der Waals surface area contributed by atoms with Crippen LogP contribution in [-0.2, 0) is 20.8 Å². The van der Waals surface area contributed by atoms with Gasteiger partial charge in [-0.25, -0.2) is 0 Å². The van der Waals surface area contributed by atoms with Gasteiger partial charge in [0.15, 0.2) is 0 Å². The van der Waals surface area contributed by atoms with Crippen LogP contribution in [-0.4, -0.2) is 40.5 Å². The van der Waals surface area contributed by atoms with Crippen molar-refractivity contribution in [2.24, 2.45) is 0 Å². The molecular formula is H2CeO9S2. The molecule has 0 unspecified atom stereocenters. The van der Waals surface area contributed by atoms with Crippen molar-refractivity contribution in [2.45, 2.75) is 0 Å². The van der Waals surface area contributed by atoms with E-state index in [0.717, 1.165) is 0 Å². The van der Waals surface area contributed by atoms with Crippen LogP contribution in [0.15, 0.2) is 0 Å². The summed E-state index contributed by atoms with van der Waals surface area (Å²) in [6, 6.07) is 0. The molecule has 0 bridgehead atoms. The molecule has 0 aliphatic heterocycles. The molecule has 0 aromatic rings. The molecule has 0 aliphatic carbocycles. The Kier molecular flexibility index (Phi) is 16.7. The summed E-state index contributed by atoms with van der Waals surface area (Å²) in [5.41, 5.74) is 0. The van der Waals surface area contributed by atoms with E-state index >= 15 is 0 Å². The van der Waals surface area contributed by atoms with Crippen molar-refractivity contribution in [1.29, 1.82) is 0 Å². The van der Waals surface area contributed by atoms with Crippen LogP contribution >= 0.6 is 0 Å². The first-order valence-electron chi connectivity index (χ1n) is 1.33. The van der Waals surface area contributed by atoms with Gasteiger partial charge in [-0.15, -0.1) is 0 Å². The molecule has 0 saturated heterocycles. The molecule has 0 spiro atoms. The van der Waals surface area contributed by atoms with Crippen LogP contribution < -0.4 is 0 Å². The quantitative estimate of drug-likeness (QED) is 0.317. The van der Waals surface area contributed by atoms with Crippen LogP contribution in [0.25, 0.3) is 0 Å². The minimum atomic E-state index is -5.17. The summed E-state index contributed by atoms with van der Waals surface area (Å²) >= 11 is 0. The molecule has 0 heterocycles. The second kappa shape index (κ2) is 8.67. The van der Waals surface area contributed by atoms with Gasteiger partial charge in [0.05, 0.1) is 0 Å². The Morgan fingerprint density at radius 3 is 0.667 bits per heavy atom. The minimum Gasteiger partial charge on any atom is -0.759 e. The fourth-order valence-corrected chi connectivity index (χ4v) is 0. The third-order valence-electron chi connectivity index (χ3n) is 0. The van der Waals surface area contributed by atoms with Crippen molar-refractivity contribution in [3.63, 3.8) is 0 Å². The molecular weight excluding hydrogens is 348 g/mol. The minimum absolute atomic E-state index is 0. The van der Waals surface area contributed by atoms with E-state index in [9.17, 15) is 0 Å². The first-order valence-corrected chi connectivity index (χ1v) is 4.00. The molecule has 12 heavy (non-hydrogen) atoms. The second-order valence-electron chi connectivity index (χ2n) is 0.816. The van der Waals surface area contributed by atoms with Crippen LogP contribution in [0.4, 0.5) is 0 Å². The van der Waals surface area contributed by atoms with Gasteiger partial charge in [-0.2, -0.15) is 0 Å². The Balaban J connectivity index is -0.0000000457. The summed E-state index contributed by atoms with van der Waals surface area (Å²) in [5, 5.41) is 0. The Morgan fingerprint density at radius 1 is 0.667 bits per heavy atom. The Labute approximate surface area is 102 Å². The maximum Gasteiger partial charge on any atom is 4.00 e. The van der Waals surface area contributed by atoms with Gasteiger partial charge in [-0.1, -0.05) is 0 Å². The second-order valence-corrected chi connectivity index (χ2v) is 2.45. The number of hydrogen-bond donors (Lipinski definition) is 0. The van der Waals surface area contributed by atoms with Crippen molar-refractivity contribution in [2.75, 3.05) is 0 Å². The molecule has 9 nitrogen and oxygen atoms in total. The first-order chi connectivity index (χ1) is 4.00. The zero-order valence-corrected chi connectivity index (χ0v) is 9.86. The van der Waals surface area contributed by atoms with Crippen LogP contribution in [0.2, 0.25) is 0 Å². The third kappa shape index (κ3) is 970. The monoisotopic (exact) mass is 350 g/mol. The molecule has 2 N–H and O–H groups in total. The van der Waals surface area contributed by atoms with E-state index in [1.165, 1.54) is 0 Å². The van der Waals surface area contributed by atoms with E-state index in [-0.39, 0.29) is 47.2 Å². The van der Waals surface area contributed by atoms with Gasteiger partial charge in [-0.05, 0) is 0 Å². The van der Waals surface area contributed by atoms with E-state index in [1.807, 2.05) is 0 Å². The molecule has 0 saturated carbocycles. The third-order valence-corrected chi connectivity index (χ3v) is 0. The summed E-state index contributed by atoms with van der Waals surface area (Å²) in [6.07, 6.45) is 0. The van der Waals surface area contributed by atoms with Gasteiger partial charge < -0.3 is 23.7 Å². The molecule has 0 rings (SSSR count). The van der Waals surface area contributed by atoms with Gasteiger partial charge in [0.1, 0.15) is 0 Å². The van der Waals surface area contributed by atoms with E-state index in [2.05, 4.69) is 0 Å². The average Bonchev–Trinajstić information content (AvgIpc) is 1.12. The number of hydrogen-bond acceptors (Lipinski definition) is 8. The Bertz CT molecular complexity index is 209. The number of rotatable bonds is 0. The van der Waals surface area contributed by atoms with Crippen molar-refractivity contribution in [3.8, 4) is 0 Å². The fraction of sp³-hybridized carbons (Fsp3) is 0. The van der Waals surface area contributed by atoms with Gasteiger partial charge >= 0.3 is 41.7 Å². The average molecular weight is 350 g/mol. The summed E-state index contributed by atoms with van der Waals surface area (Å²) in [6.45, 7) is 0. The van der Waals surface area contributed by atoms with Crippen LogP contribution in [0, 0.1) is 41.7 Å². The van der Waals surface area contributed by atoms with Gasteiger partial charge in [-0.3, -0.25) is 16.8 Å². The molecule has 0 atom stereocenters. The van der Waals surface area contributed by atoms with Gasteiger partial charge in [0, 0.05) is 20.8 Å². The summed E-state index contributed by atoms with van der Waals surface area (Å²) in [5.74, 6) is 0. The van der Waals surface area contributed by atoms with E-state index in [4.69, 9.17) is 35.0 Å². The molecule has 12 heteroatoms. The molecule has 0 aliphatic rings. The van der Waals surface area contributed by atoms with Crippen molar-refractivity contribution >= 4 is 20.8 Å². The first kappa shape index (κ1) is 23.1. The van der Waals surface area contributed by atoms with Crippen molar-refractivity contribution in [3.05, 3.63) is 0 Å². The SMILES string of the molecule is O.O=S(=O)([O-])[O-].O=S(=O)([O-])[O-].[Ce+4]. The predicted octanol–water partition coefficient (Wildman–Crippen LogP) is -3.50. The smallest absolute Gasteiger partial charge is 0.759 e. The predicted molar refractivity (Wildman–Crippen MR) is 24.6 cm³/mol. The van der Waals surface area contributed by atoms with Gasteiger partial charge in [0.2, 0.25) is 0 Å². The fourth-order valence-electron chi connectivity index (χ4n) is 0. The molecule has 0 fully saturated rings. The zero-order valence-electron chi connectivity index (χ0n) is 5.08. The largest absolute Gasteiger partial charge is 4.00 e. The Morgan fingerprint density at radius 2 is 0.667 bits per heavy atom. The van der Waals surface area contributed by atoms with E-state index in [0.29, 0.717) is 0 Å². The van der Waals surface area contributed by atoms with Crippen LogP contribution in [0.1, 0.15) is 0 Å². The Hall–Kier alpha value is 1.08. The normalized spacial score (nSPS) is 9.67. The topological polar surface area (TPSA) is 192 Å². The van der Waals surface area contributed by atoms with Crippen LogP contribution in [0.5, 0.6) is 0 Å². The summed E-state index contributed by atoms with van der Waals surface area (Å²) < 4.78 is 68.2. The maximum atomic E-state index is 8.52.